The second kappa shape index (κ2) is 11.6. The predicted molar refractivity (Wildman–Crippen MR) is 149 cm³/mol. The minimum atomic E-state index is -0.337. The van der Waals surface area contributed by atoms with Crippen LogP contribution in [-0.4, -0.2) is 35.7 Å². The van der Waals surface area contributed by atoms with Crippen molar-refractivity contribution in [3.8, 4) is 11.5 Å². The lowest BCUT2D eigenvalue weighted by atomic mass is 10.1. The van der Waals surface area contributed by atoms with Gasteiger partial charge in [0.25, 0.3) is 17.1 Å². The number of ether oxygens (including phenoxy) is 2. The molecule has 0 bridgehead atoms. The van der Waals surface area contributed by atoms with Gasteiger partial charge in [-0.1, -0.05) is 30.3 Å². The van der Waals surface area contributed by atoms with Gasteiger partial charge in [-0.25, -0.2) is 0 Å². The molecule has 3 aromatic carbocycles. The van der Waals surface area contributed by atoms with Crippen LogP contribution < -0.4 is 14.8 Å². The van der Waals surface area contributed by atoms with Crippen LogP contribution >= 0.6 is 34.4 Å². The second-order valence-corrected chi connectivity index (χ2v) is 10.2. The molecule has 0 aliphatic carbocycles. The van der Waals surface area contributed by atoms with Crippen molar-refractivity contribution in [3.63, 3.8) is 0 Å². The Kier molecular flexibility index (Phi) is 8.32. The standard InChI is InChI=1S/C27H23IN2O5S/c1-17-4-3-5-21(12-17)29-25(31)16-35-22-11-8-19(13-23(22)34-2)14-24-26(32)30(27(33)36-24)15-18-6-9-20(28)10-7-18/h3-14H,15-16H2,1-2H3,(H,29,31)/b24-14-. The number of anilines is 1. The van der Waals surface area contributed by atoms with Crippen LogP contribution in [0.1, 0.15) is 16.7 Å². The molecule has 0 saturated carbocycles. The van der Waals surface area contributed by atoms with Gasteiger partial charge in [-0.2, -0.15) is 0 Å². The van der Waals surface area contributed by atoms with Crippen molar-refractivity contribution in [2.24, 2.45) is 0 Å². The third-order valence-electron chi connectivity index (χ3n) is 5.27. The third kappa shape index (κ3) is 6.46. The number of benzene rings is 3. The highest BCUT2D eigenvalue weighted by atomic mass is 127. The zero-order valence-corrected chi connectivity index (χ0v) is 22.6. The first kappa shape index (κ1) is 25.8. The number of nitrogens with one attached hydrogen (secondary N) is 1. The Balaban J connectivity index is 1.41. The molecule has 3 amide bonds. The van der Waals surface area contributed by atoms with Gasteiger partial charge in [0, 0.05) is 9.26 Å². The number of amides is 3. The smallest absolute Gasteiger partial charge is 0.293 e. The molecule has 0 atom stereocenters. The van der Waals surface area contributed by atoms with E-state index >= 15 is 0 Å². The number of carbonyl (C=O) groups excluding carboxylic acids is 3. The second-order valence-electron chi connectivity index (χ2n) is 8.01. The van der Waals surface area contributed by atoms with E-state index in [4.69, 9.17) is 9.47 Å². The van der Waals surface area contributed by atoms with Crippen molar-refractivity contribution in [1.29, 1.82) is 0 Å². The maximum atomic E-state index is 12.9. The first-order valence-corrected chi connectivity index (χ1v) is 12.9. The largest absolute Gasteiger partial charge is 0.493 e. The first-order valence-electron chi connectivity index (χ1n) is 11.0. The lowest BCUT2D eigenvalue weighted by Gasteiger charge is -2.13. The summed E-state index contributed by atoms with van der Waals surface area (Å²) in [5, 5.41) is 2.48. The summed E-state index contributed by atoms with van der Waals surface area (Å²) in [6.45, 7) is 1.98. The van der Waals surface area contributed by atoms with Gasteiger partial charge < -0.3 is 14.8 Å². The molecule has 7 nitrogen and oxygen atoms in total. The highest BCUT2D eigenvalue weighted by Gasteiger charge is 2.35. The number of hydrogen-bond acceptors (Lipinski definition) is 6. The number of halogens is 1. The van der Waals surface area contributed by atoms with Crippen LogP contribution in [0.5, 0.6) is 11.5 Å². The Labute approximate surface area is 227 Å². The molecule has 1 saturated heterocycles. The van der Waals surface area contributed by atoms with Gasteiger partial charge in [0.1, 0.15) is 0 Å². The van der Waals surface area contributed by atoms with Crippen molar-refractivity contribution in [1.82, 2.24) is 4.90 Å². The minimum absolute atomic E-state index is 0.193. The van der Waals surface area contributed by atoms with Crippen LogP contribution in [0.15, 0.2) is 71.6 Å². The Morgan fingerprint density at radius 3 is 2.56 bits per heavy atom. The normalized spacial score (nSPS) is 14.3. The first-order chi connectivity index (χ1) is 17.3. The number of rotatable bonds is 8. The number of hydrogen-bond donors (Lipinski definition) is 1. The molecule has 0 radical (unpaired) electrons. The highest BCUT2D eigenvalue weighted by Crippen LogP contribution is 2.35. The van der Waals surface area contributed by atoms with E-state index in [1.54, 1.807) is 24.3 Å². The van der Waals surface area contributed by atoms with Gasteiger partial charge in [0.15, 0.2) is 18.1 Å². The molecule has 4 rings (SSSR count). The fourth-order valence-electron chi connectivity index (χ4n) is 3.52. The average molecular weight is 614 g/mol. The molecule has 184 valence electrons. The number of carbonyl (C=O) groups is 3. The van der Waals surface area contributed by atoms with Crippen molar-refractivity contribution in [2.75, 3.05) is 19.0 Å². The Morgan fingerprint density at radius 2 is 1.83 bits per heavy atom. The summed E-state index contributed by atoms with van der Waals surface area (Å²) in [6.07, 6.45) is 1.65. The molecule has 0 spiro atoms. The Hall–Kier alpha value is -3.31. The molecule has 36 heavy (non-hydrogen) atoms. The van der Waals surface area contributed by atoms with Crippen LogP contribution in [0.2, 0.25) is 0 Å². The molecule has 1 aliphatic rings. The molecule has 1 fully saturated rings. The molecule has 0 aromatic heterocycles. The topological polar surface area (TPSA) is 84.9 Å². The molecule has 1 N–H and O–H groups in total. The monoisotopic (exact) mass is 614 g/mol. The highest BCUT2D eigenvalue weighted by molar-refractivity contribution is 14.1. The maximum Gasteiger partial charge on any atom is 0.293 e. The number of aryl methyl sites for hydroxylation is 1. The van der Waals surface area contributed by atoms with Crippen molar-refractivity contribution >= 4 is 63.2 Å². The zero-order chi connectivity index (χ0) is 25.7. The van der Waals surface area contributed by atoms with Crippen LogP contribution in [0.25, 0.3) is 6.08 Å². The lowest BCUT2D eigenvalue weighted by Crippen LogP contribution is -2.27. The number of imide groups is 1. The molecular weight excluding hydrogens is 591 g/mol. The summed E-state index contributed by atoms with van der Waals surface area (Å²) < 4.78 is 12.2. The van der Waals surface area contributed by atoms with E-state index in [-0.39, 0.29) is 30.2 Å². The molecule has 3 aromatic rings. The molecule has 9 heteroatoms. The van der Waals surface area contributed by atoms with Crippen LogP contribution in [0.3, 0.4) is 0 Å². The van der Waals surface area contributed by atoms with Crippen LogP contribution in [0.4, 0.5) is 10.5 Å². The van der Waals surface area contributed by atoms with E-state index in [1.807, 2.05) is 55.5 Å². The van der Waals surface area contributed by atoms with Gasteiger partial charge in [0.2, 0.25) is 0 Å². The third-order valence-corrected chi connectivity index (χ3v) is 6.90. The van der Waals surface area contributed by atoms with E-state index in [2.05, 4.69) is 27.9 Å². The number of thioether (sulfide) groups is 1. The van der Waals surface area contributed by atoms with E-state index < -0.39 is 0 Å². The summed E-state index contributed by atoms with van der Waals surface area (Å²) >= 11 is 3.11. The predicted octanol–water partition coefficient (Wildman–Crippen LogP) is 5.86. The molecule has 1 heterocycles. The number of methoxy groups -OCH3 is 1. The summed E-state index contributed by atoms with van der Waals surface area (Å²) in [5.41, 5.74) is 3.29. The van der Waals surface area contributed by atoms with Gasteiger partial charge in [-0.05, 0) is 100 Å². The van der Waals surface area contributed by atoms with E-state index in [0.29, 0.717) is 27.7 Å². The summed E-state index contributed by atoms with van der Waals surface area (Å²) in [7, 11) is 1.49. The fraction of sp³-hybridized carbons (Fsp3) is 0.148. The Bertz CT molecular complexity index is 1340. The van der Waals surface area contributed by atoms with Gasteiger partial charge >= 0.3 is 0 Å². The van der Waals surface area contributed by atoms with E-state index in [9.17, 15) is 14.4 Å². The Morgan fingerprint density at radius 1 is 1.06 bits per heavy atom. The fourth-order valence-corrected chi connectivity index (χ4v) is 4.71. The molecule has 0 unspecified atom stereocenters. The average Bonchev–Trinajstić information content (AvgIpc) is 3.11. The summed E-state index contributed by atoms with van der Waals surface area (Å²) in [4.78, 5) is 39.2. The zero-order valence-electron chi connectivity index (χ0n) is 19.6. The van der Waals surface area contributed by atoms with Crippen molar-refractivity contribution in [3.05, 3.63) is 91.9 Å². The molecular formula is C27H23IN2O5S. The molecule has 1 aliphatic heterocycles. The maximum absolute atomic E-state index is 12.9. The lowest BCUT2D eigenvalue weighted by molar-refractivity contribution is -0.123. The van der Waals surface area contributed by atoms with Gasteiger partial charge in [-0.15, -0.1) is 0 Å². The summed E-state index contributed by atoms with van der Waals surface area (Å²) in [5.74, 6) is 0.162. The van der Waals surface area contributed by atoms with Crippen LogP contribution in [-0.2, 0) is 16.1 Å². The summed E-state index contributed by atoms with van der Waals surface area (Å²) in [6, 6.07) is 20.3. The van der Waals surface area contributed by atoms with Crippen molar-refractivity contribution in [2.45, 2.75) is 13.5 Å². The quantitative estimate of drug-likeness (QED) is 0.253. The minimum Gasteiger partial charge on any atom is -0.493 e. The van der Waals surface area contributed by atoms with Crippen LogP contribution in [0, 0.1) is 10.5 Å². The van der Waals surface area contributed by atoms with E-state index in [1.165, 1.54) is 12.0 Å². The van der Waals surface area contributed by atoms with Gasteiger partial charge in [0.05, 0.1) is 18.6 Å². The van der Waals surface area contributed by atoms with Gasteiger partial charge in [-0.3, -0.25) is 19.3 Å². The van der Waals surface area contributed by atoms with E-state index in [0.717, 1.165) is 26.5 Å². The SMILES string of the molecule is COc1cc(/C=C2\SC(=O)N(Cc3ccc(I)cc3)C2=O)ccc1OCC(=O)Nc1cccc(C)c1. The number of nitrogens with zero attached hydrogens (tertiary/aromatic N) is 1. The van der Waals surface area contributed by atoms with Crippen molar-refractivity contribution < 1.29 is 23.9 Å².